The van der Waals surface area contributed by atoms with E-state index in [0.29, 0.717) is 26.2 Å². The summed E-state index contributed by atoms with van der Waals surface area (Å²) < 4.78 is 30.3. The van der Waals surface area contributed by atoms with Crippen molar-refractivity contribution in [2.45, 2.75) is 25.3 Å². The second-order valence-corrected chi connectivity index (χ2v) is 5.97. The maximum Gasteiger partial charge on any atom is 0.214 e. The average Bonchev–Trinajstić information content (AvgIpc) is 2.26. The maximum absolute atomic E-state index is 11.8. The zero-order valence-electron chi connectivity index (χ0n) is 9.18. The standard InChI is InChI=1S/C9H20N2O3S/c1-11(9-3-6-14-7-4-9)15(12,13)8-2-5-10/h9H,2-8,10H2,1H3. The van der Waals surface area contributed by atoms with E-state index in [9.17, 15) is 8.42 Å². The van der Waals surface area contributed by atoms with Gasteiger partial charge in [-0.3, -0.25) is 0 Å². The predicted molar refractivity (Wildman–Crippen MR) is 59.1 cm³/mol. The zero-order chi connectivity index (χ0) is 11.3. The lowest BCUT2D eigenvalue weighted by Gasteiger charge is -2.30. The van der Waals surface area contributed by atoms with E-state index in [-0.39, 0.29) is 11.8 Å². The summed E-state index contributed by atoms with van der Waals surface area (Å²) in [5.74, 6) is 0.150. The van der Waals surface area contributed by atoms with Gasteiger partial charge in [-0.2, -0.15) is 0 Å². The first-order valence-corrected chi connectivity index (χ1v) is 6.92. The van der Waals surface area contributed by atoms with Crippen LogP contribution in [0.2, 0.25) is 0 Å². The molecule has 6 heteroatoms. The summed E-state index contributed by atoms with van der Waals surface area (Å²) in [4.78, 5) is 0. The number of hydrogen-bond acceptors (Lipinski definition) is 4. The highest BCUT2D eigenvalue weighted by Crippen LogP contribution is 2.16. The third kappa shape index (κ3) is 3.71. The summed E-state index contributed by atoms with van der Waals surface area (Å²) in [5.41, 5.74) is 5.31. The van der Waals surface area contributed by atoms with E-state index in [1.165, 1.54) is 4.31 Å². The fourth-order valence-electron chi connectivity index (χ4n) is 1.69. The Bertz CT molecular complexity index is 273. The fourth-order valence-corrected chi connectivity index (χ4v) is 3.17. The zero-order valence-corrected chi connectivity index (χ0v) is 10.0. The lowest BCUT2D eigenvalue weighted by molar-refractivity contribution is 0.0632. The molecular formula is C9H20N2O3S. The van der Waals surface area contributed by atoms with Gasteiger partial charge in [0.15, 0.2) is 0 Å². The Labute approximate surface area is 91.6 Å². The molecule has 1 saturated heterocycles. The monoisotopic (exact) mass is 236 g/mol. The summed E-state index contributed by atoms with van der Waals surface area (Å²) in [6.45, 7) is 1.73. The minimum Gasteiger partial charge on any atom is -0.381 e. The van der Waals surface area contributed by atoms with Crippen LogP contribution in [0.3, 0.4) is 0 Å². The molecule has 2 N–H and O–H groups in total. The summed E-state index contributed by atoms with van der Waals surface area (Å²) in [7, 11) is -1.47. The molecule has 1 aliphatic heterocycles. The van der Waals surface area contributed by atoms with E-state index in [0.717, 1.165) is 12.8 Å². The van der Waals surface area contributed by atoms with Gasteiger partial charge in [-0.05, 0) is 25.8 Å². The van der Waals surface area contributed by atoms with Crippen LogP contribution in [0.25, 0.3) is 0 Å². The first kappa shape index (κ1) is 12.9. The van der Waals surface area contributed by atoms with Crippen LogP contribution in [0.1, 0.15) is 19.3 Å². The predicted octanol–water partition coefficient (Wildman–Crippen LogP) is -0.224. The Morgan fingerprint density at radius 1 is 1.40 bits per heavy atom. The van der Waals surface area contributed by atoms with Crippen molar-refractivity contribution in [1.29, 1.82) is 0 Å². The molecule has 0 spiro atoms. The third-order valence-corrected chi connectivity index (χ3v) is 4.73. The van der Waals surface area contributed by atoms with Crippen LogP contribution in [0.5, 0.6) is 0 Å². The highest BCUT2D eigenvalue weighted by molar-refractivity contribution is 7.89. The second kappa shape index (κ2) is 5.79. The summed E-state index contributed by atoms with van der Waals surface area (Å²) >= 11 is 0. The summed E-state index contributed by atoms with van der Waals surface area (Å²) in [5, 5.41) is 0. The Balaban J connectivity index is 2.53. The number of rotatable bonds is 5. The van der Waals surface area contributed by atoms with Gasteiger partial charge >= 0.3 is 0 Å². The van der Waals surface area contributed by atoms with Gasteiger partial charge in [-0.15, -0.1) is 0 Å². The molecule has 1 rings (SSSR count). The van der Waals surface area contributed by atoms with Crippen LogP contribution in [0.15, 0.2) is 0 Å². The normalized spacial score (nSPS) is 19.7. The topological polar surface area (TPSA) is 72.6 Å². The first-order chi connectivity index (χ1) is 7.08. The van der Waals surface area contributed by atoms with Crippen molar-refractivity contribution in [3.63, 3.8) is 0 Å². The summed E-state index contributed by atoms with van der Waals surface area (Å²) in [6, 6.07) is 0.0986. The van der Waals surface area contributed by atoms with Gasteiger partial charge in [0.25, 0.3) is 0 Å². The lowest BCUT2D eigenvalue weighted by Crippen LogP contribution is -2.41. The molecule has 0 aromatic carbocycles. The van der Waals surface area contributed by atoms with Crippen molar-refractivity contribution < 1.29 is 13.2 Å². The van der Waals surface area contributed by atoms with E-state index < -0.39 is 10.0 Å². The van der Waals surface area contributed by atoms with Crippen LogP contribution in [0.4, 0.5) is 0 Å². The van der Waals surface area contributed by atoms with E-state index in [1.54, 1.807) is 7.05 Å². The van der Waals surface area contributed by atoms with Gasteiger partial charge in [0.2, 0.25) is 10.0 Å². The smallest absolute Gasteiger partial charge is 0.214 e. The van der Waals surface area contributed by atoms with Crippen molar-refractivity contribution in [2.75, 3.05) is 32.6 Å². The molecule has 1 heterocycles. The Morgan fingerprint density at radius 2 is 2.00 bits per heavy atom. The summed E-state index contributed by atoms with van der Waals surface area (Å²) in [6.07, 6.45) is 2.10. The number of sulfonamides is 1. The fraction of sp³-hybridized carbons (Fsp3) is 1.00. The molecule has 15 heavy (non-hydrogen) atoms. The van der Waals surface area contributed by atoms with Crippen LogP contribution in [-0.4, -0.2) is 51.3 Å². The maximum atomic E-state index is 11.8. The number of hydrogen-bond donors (Lipinski definition) is 1. The molecule has 5 nitrogen and oxygen atoms in total. The van der Waals surface area contributed by atoms with Crippen molar-refractivity contribution in [3.8, 4) is 0 Å². The Hall–Kier alpha value is -0.170. The molecule has 0 bridgehead atoms. The van der Waals surface area contributed by atoms with Gasteiger partial charge in [0.1, 0.15) is 0 Å². The molecule has 0 unspecified atom stereocenters. The van der Waals surface area contributed by atoms with Gasteiger partial charge in [-0.25, -0.2) is 12.7 Å². The van der Waals surface area contributed by atoms with Crippen LogP contribution in [0, 0.1) is 0 Å². The molecule has 1 fully saturated rings. The van der Waals surface area contributed by atoms with E-state index in [2.05, 4.69) is 0 Å². The number of nitrogens with two attached hydrogens (primary N) is 1. The molecule has 0 amide bonds. The third-order valence-electron chi connectivity index (χ3n) is 2.75. The molecule has 1 aliphatic rings. The molecule has 0 saturated carbocycles. The van der Waals surface area contributed by atoms with Gasteiger partial charge in [-0.1, -0.05) is 0 Å². The number of ether oxygens (including phenoxy) is 1. The van der Waals surface area contributed by atoms with Crippen molar-refractivity contribution in [2.24, 2.45) is 5.73 Å². The van der Waals surface area contributed by atoms with Crippen molar-refractivity contribution in [1.82, 2.24) is 4.31 Å². The van der Waals surface area contributed by atoms with E-state index in [4.69, 9.17) is 10.5 Å². The largest absolute Gasteiger partial charge is 0.381 e. The minimum atomic E-state index is -3.12. The Morgan fingerprint density at radius 3 is 2.53 bits per heavy atom. The molecular weight excluding hydrogens is 216 g/mol. The SMILES string of the molecule is CN(C1CCOCC1)S(=O)(=O)CCCN. The Kier molecular flexibility index (Phi) is 4.98. The first-order valence-electron chi connectivity index (χ1n) is 5.31. The van der Waals surface area contributed by atoms with E-state index in [1.807, 2.05) is 0 Å². The van der Waals surface area contributed by atoms with Gasteiger partial charge in [0, 0.05) is 26.3 Å². The minimum absolute atomic E-state index is 0.0986. The molecule has 0 aromatic rings. The highest BCUT2D eigenvalue weighted by Gasteiger charge is 2.27. The van der Waals surface area contributed by atoms with Gasteiger partial charge in [0.05, 0.1) is 5.75 Å². The highest BCUT2D eigenvalue weighted by atomic mass is 32.2. The van der Waals surface area contributed by atoms with Crippen LogP contribution < -0.4 is 5.73 Å². The number of nitrogens with zero attached hydrogens (tertiary/aromatic N) is 1. The van der Waals surface area contributed by atoms with Crippen molar-refractivity contribution >= 4 is 10.0 Å². The van der Waals surface area contributed by atoms with Crippen molar-refractivity contribution in [3.05, 3.63) is 0 Å². The second-order valence-electron chi connectivity index (χ2n) is 3.82. The van der Waals surface area contributed by atoms with Crippen LogP contribution >= 0.6 is 0 Å². The van der Waals surface area contributed by atoms with E-state index >= 15 is 0 Å². The molecule has 0 radical (unpaired) electrons. The van der Waals surface area contributed by atoms with Crippen LogP contribution in [-0.2, 0) is 14.8 Å². The van der Waals surface area contributed by atoms with Gasteiger partial charge < -0.3 is 10.5 Å². The average molecular weight is 236 g/mol. The molecule has 0 atom stereocenters. The lowest BCUT2D eigenvalue weighted by atomic mass is 10.1. The molecule has 90 valence electrons. The quantitative estimate of drug-likeness (QED) is 0.716. The molecule has 0 aromatic heterocycles. The molecule has 0 aliphatic carbocycles.